The third kappa shape index (κ3) is 8.29. The van der Waals surface area contributed by atoms with Gasteiger partial charge in [0.25, 0.3) is 0 Å². The summed E-state index contributed by atoms with van der Waals surface area (Å²) in [5.41, 5.74) is 4.42. The number of guanidine groups is 1. The van der Waals surface area contributed by atoms with E-state index >= 15 is 0 Å². The largest absolute Gasteiger partial charge is 0.377 e. The molecule has 0 unspecified atom stereocenters. The molecule has 31 heavy (non-hydrogen) atoms. The zero-order valence-electron chi connectivity index (χ0n) is 19.7. The number of aliphatic imine (C=N–C) groups is 1. The van der Waals surface area contributed by atoms with E-state index in [1.165, 1.54) is 16.8 Å². The van der Waals surface area contributed by atoms with Crippen LogP contribution in [0.3, 0.4) is 0 Å². The third-order valence-corrected chi connectivity index (χ3v) is 6.04. The van der Waals surface area contributed by atoms with Crippen molar-refractivity contribution in [2.45, 2.75) is 64.8 Å². The monoisotopic (exact) mass is 540 g/mol. The highest BCUT2D eigenvalue weighted by Crippen LogP contribution is 2.26. The molecule has 0 saturated carbocycles. The van der Waals surface area contributed by atoms with Crippen molar-refractivity contribution in [3.63, 3.8) is 0 Å². The first kappa shape index (κ1) is 26.0. The van der Waals surface area contributed by atoms with Crippen molar-refractivity contribution in [3.8, 4) is 0 Å². The Balaban J connectivity index is 0.00000341. The molecule has 0 spiro atoms. The highest BCUT2D eigenvalue weighted by molar-refractivity contribution is 14.0. The fraction of sp³-hybridized carbons (Fsp3) is 0.640. The van der Waals surface area contributed by atoms with Gasteiger partial charge in [0.15, 0.2) is 5.96 Å². The lowest BCUT2D eigenvalue weighted by molar-refractivity contribution is 0.153. The minimum absolute atomic E-state index is 0. The van der Waals surface area contributed by atoms with Crippen LogP contribution in [0.15, 0.2) is 40.9 Å². The van der Waals surface area contributed by atoms with E-state index in [-0.39, 0.29) is 29.4 Å². The van der Waals surface area contributed by atoms with E-state index < -0.39 is 0 Å². The van der Waals surface area contributed by atoms with Crippen molar-refractivity contribution in [2.75, 3.05) is 44.3 Å². The molecule has 1 aromatic carbocycles. The second-order valence-electron chi connectivity index (χ2n) is 9.40. The lowest BCUT2D eigenvalue weighted by Crippen LogP contribution is -2.48. The molecule has 0 radical (unpaired) electrons. The molecule has 0 aromatic heterocycles. The van der Waals surface area contributed by atoms with E-state index in [4.69, 9.17) is 9.73 Å². The van der Waals surface area contributed by atoms with E-state index in [0.29, 0.717) is 6.04 Å². The molecule has 0 bridgehead atoms. The molecule has 3 rings (SSSR count). The van der Waals surface area contributed by atoms with Gasteiger partial charge in [0.1, 0.15) is 0 Å². The maximum Gasteiger partial charge on any atom is 0.191 e. The number of rotatable bonds is 6. The van der Waals surface area contributed by atoms with E-state index in [0.717, 1.165) is 71.0 Å². The fourth-order valence-corrected chi connectivity index (χ4v) is 4.07. The number of ether oxygens (including phenoxy) is 1. The van der Waals surface area contributed by atoms with Gasteiger partial charge in [-0.25, -0.2) is 0 Å². The molecule has 2 heterocycles. The van der Waals surface area contributed by atoms with Gasteiger partial charge in [-0.15, -0.1) is 24.0 Å². The second kappa shape index (κ2) is 12.7. The zero-order valence-corrected chi connectivity index (χ0v) is 22.1. The predicted octanol–water partition coefficient (Wildman–Crippen LogP) is 4.86. The van der Waals surface area contributed by atoms with Crippen LogP contribution in [0.1, 0.15) is 58.9 Å². The predicted molar refractivity (Wildman–Crippen MR) is 143 cm³/mol. The molecule has 2 aliphatic heterocycles. The van der Waals surface area contributed by atoms with Crippen LogP contribution in [-0.4, -0.2) is 51.4 Å². The first-order valence-corrected chi connectivity index (χ1v) is 11.6. The first-order valence-electron chi connectivity index (χ1n) is 11.6. The zero-order chi connectivity index (χ0) is 21.4. The standard InChI is InChI=1S/C25H40N4O.HI/c1-5-26-24(27-15-10-20-13-18-30-19-14-20)28-22-11-16-29(17-12-22)23-8-6-21(7-9-23)25(2,3)4;/h6-9,13,22H,5,10-12,14-19H2,1-4H3,(H2,26,27,28);1H. The van der Waals surface area contributed by atoms with Crippen LogP contribution in [0.25, 0.3) is 0 Å². The Kier molecular flexibility index (Phi) is 10.6. The van der Waals surface area contributed by atoms with Gasteiger partial charge in [0, 0.05) is 37.9 Å². The molecule has 6 heteroatoms. The van der Waals surface area contributed by atoms with Gasteiger partial charge in [-0.05, 0) is 55.7 Å². The molecule has 2 aliphatic rings. The summed E-state index contributed by atoms with van der Waals surface area (Å²) in [6.07, 6.45) is 6.56. The summed E-state index contributed by atoms with van der Waals surface area (Å²) < 4.78 is 5.39. The number of nitrogens with zero attached hydrogens (tertiary/aromatic N) is 2. The molecule has 1 saturated heterocycles. The topological polar surface area (TPSA) is 48.9 Å². The Morgan fingerprint density at radius 1 is 1.16 bits per heavy atom. The maximum atomic E-state index is 5.39. The summed E-state index contributed by atoms with van der Waals surface area (Å²) >= 11 is 0. The van der Waals surface area contributed by atoms with Gasteiger partial charge in [-0.3, -0.25) is 4.99 Å². The number of hydrogen-bond donors (Lipinski definition) is 2. The molecule has 1 aromatic rings. The Labute approximate surface area is 206 Å². The molecule has 1 fully saturated rings. The Hall–Kier alpha value is -1.28. The van der Waals surface area contributed by atoms with Crippen LogP contribution in [0.2, 0.25) is 0 Å². The summed E-state index contributed by atoms with van der Waals surface area (Å²) in [5.74, 6) is 0.957. The number of hydrogen-bond acceptors (Lipinski definition) is 3. The smallest absolute Gasteiger partial charge is 0.191 e. The molecule has 174 valence electrons. The Morgan fingerprint density at radius 3 is 2.45 bits per heavy atom. The number of nitrogens with one attached hydrogen (secondary N) is 2. The van der Waals surface area contributed by atoms with Crippen LogP contribution < -0.4 is 15.5 Å². The maximum absolute atomic E-state index is 5.39. The number of halogens is 1. The summed E-state index contributed by atoms with van der Waals surface area (Å²) in [5, 5.41) is 7.08. The van der Waals surface area contributed by atoms with Gasteiger partial charge in [0.2, 0.25) is 0 Å². The number of anilines is 1. The van der Waals surface area contributed by atoms with Crippen LogP contribution in [-0.2, 0) is 10.2 Å². The van der Waals surface area contributed by atoms with Crippen molar-refractivity contribution < 1.29 is 4.74 Å². The molecule has 5 nitrogen and oxygen atoms in total. The van der Waals surface area contributed by atoms with Crippen molar-refractivity contribution >= 4 is 35.6 Å². The van der Waals surface area contributed by atoms with Gasteiger partial charge < -0.3 is 20.3 Å². The summed E-state index contributed by atoms with van der Waals surface area (Å²) in [6, 6.07) is 9.61. The van der Waals surface area contributed by atoms with Crippen molar-refractivity contribution in [1.82, 2.24) is 10.6 Å². The normalized spacial score (nSPS) is 18.3. The summed E-state index contributed by atoms with van der Waals surface area (Å²) in [6.45, 7) is 14.4. The minimum Gasteiger partial charge on any atom is -0.377 e. The second-order valence-corrected chi connectivity index (χ2v) is 9.40. The molecular formula is C25H41IN4O. The highest BCUT2D eigenvalue weighted by Gasteiger charge is 2.21. The molecular weight excluding hydrogens is 499 g/mol. The average molecular weight is 541 g/mol. The quantitative estimate of drug-likeness (QED) is 0.234. The van der Waals surface area contributed by atoms with E-state index in [1.54, 1.807) is 0 Å². The Bertz CT molecular complexity index is 716. The fourth-order valence-electron chi connectivity index (χ4n) is 4.07. The minimum atomic E-state index is 0. The van der Waals surface area contributed by atoms with Crippen LogP contribution >= 0.6 is 24.0 Å². The SMILES string of the molecule is CCNC(=NCCC1=CCOCC1)NC1CCN(c2ccc(C(C)(C)C)cc2)CC1.I. The van der Waals surface area contributed by atoms with E-state index in [9.17, 15) is 0 Å². The van der Waals surface area contributed by atoms with Crippen molar-refractivity contribution in [3.05, 3.63) is 41.5 Å². The van der Waals surface area contributed by atoms with E-state index in [1.807, 2.05) is 0 Å². The van der Waals surface area contributed by atoms with Crippen LogP contribution in [0.4, 0.5) is 5.69 Å². The molecule has 0 atom stereocenters. The van der Waals surface area contributed by atoms with Crippen LogP contribution in [0, 0.1) is 0 Å². The first-order chi connectivity index (χ1) is 14.5. The van der Waals surface area contributed by atoms with E-state index in [2.05, 4.69) is 73.6 Å². The average Bonchev–Trinajstić information content (AvgIpc) is 2.75. The van der Waals surface area contributed by atoms with Gasteiger partial charge >= 0.3 is 0 Å². The number of benzene rings is 1. The highest BCUT2D eigenvalue weighted by atomic mass is 127. The third-order valence-electron chi connectivity index (χ3n) is 6.04. The Morgan fingerprint density at radius 2 is 1.87 bits per heavy atom. The van der Waals surface area contributed by atoms with Crippen LogP contribution in [0.5, 0.6) is 0 Å². The van der Waals surface area contributed by atoms with Gasteiger partial charge in [-0.2, -0.15) is 0 Å². The molecule has 0 aliphatic carbocycles. The molecule has 0 amide bonds. The molecule has 2 N–H and O–H groups in total. The van der Waals surface area contributed by atoms with Gasteiger partial charge in [-0.1, -0.05) is 44.6 Å². The number of piperidine rings is 1. The van der Waals surface area contributed by atoms with Crippen molar-refractivity contribution in [2.24, 2.45) is 4.99 Å². The lowest BCUT2D eigenvalue weighted by Gasteiger charge is -2.35. The lowest BCUT2D eigenvalue weighted by atomic mass is 9.87. The van der Waals surface area contributed by atoms with Gasteiger partial charge in [0.05, 0.1) is 13.2 Å². The summed E-state index contributed by atoms with van der Waals surface area (Å²) in [4.78, 5) is 7.32. The summed E-state index contributed by atoms with van der Waals surface area (Å²) in [7, 11) is 0. The van der Waals surface area contributed by atoms with Crippen molar-refractivity contribution in [1.29, 1.82) is 0 Å².